The summed E-state index contributed by atoms with van der Waals surface area (Å²) in [5, 5.41) is 12.7. The van der Waals surface area contributed by atoms with Gasteiger partial charge in [-0.15, -0.1) is 11.8 Å². The van der Waals surface area contributed by atoms with Crippen molar-refractivity contribution in [2.24, 2.45) is 5.11 Å². The van der Waals surface area contributed by atoms with Crippen molar-refractivity contribution >= 4 is 23.6 Å². The summed E-state index contributed by atoms with van der Waals surface area (Å²) in [4.78, 5) is 27.3. The smallest absolute Gasteiger partial charge is 0.353 e. The molecule has 2 aliphatic rings. The van der Waals surface area contributed by atoms with Gasteiger partial charge in [0.1, 0.15) is 5.70 Å². The number of amides is 1. The van der Waals surface area contributed by atoms with Crippen molar-refractivity contribution in [3.8, 4) is 0 Å². The number of hydrogen-bond donors (Lipinski definition) is 1. The number of carboxylic acid groups (broad SMARTS) is 1. The molecule has 7 nitrogen and oxygen atoms in total. The number of azide groups is 1. The van der Waals surface area contributed by atoms with Crippen molar-refractivity contribution in [2.45, 2.75) is 37.6 Å². The minimum Gasteiger partial charge on any atom is -0.477 e. The molecule has 0 radical (unpaired) electrons. The summed E-state index contributed by atoms with van der Waals surface area (Å²) in [5.41, 5.74) is 8.49. The number of β-lactam (4-membered cyclic amide) rings is 1. The van der Waals surface area contributed by atoms with E-state index < -0.39 is 5.97 Å². The van der Waals surface area contributed by atoms with Crippen LogP contribution in [0.25, 0.3) is 10.4 Å². The standard InChI is InChI=1S/C10H12N4O3S/c1-2-5(12-13-11)3-6-9(10(16)17)14-7(15)4-8(14)18-6/h5,8H,2-4H2,1H3,(H,16,17)/t5?,8-/m0/s1. The summed E-state index contributed by atoms with van der Waals surface area (Å²) < 4.78 is 0. The van der Waals surface area contributed by atoms with Crippen LogP contribution in [0.2, 0.25) is 0 Å². The SMILES string of the molecule is CCC(CC1=C(C(=O)O)N2C(=O)C[C@@H]2S1)N=[N+]=[N-]. The summed E-state index contributed by atoms with van der Waals surface area (Å²) >= 11 is 1.39. The quantitative estimate of drug-likeness (QED) is 0.356. The summed E-state index contributed by atoms with van der Waals surface area (Å²) in [7, 11) is 0. The Kier molecular flexibility index (Phi) is 3.49. The van der Waals surface area contributed by atoms with Crippen LogP contribution in [0, 0.1) is 0 Å². The lowest BCUT2D eigenvalue weighted by Crippen LogP contribution is -2.48. The highest BCUT2D eigenvalue weighted by molar-refractivity contribution is 8.04. The number of nitrogens with zero attached hydrogens (tertiary/aromatic N) is 4. The van der Waals surface area contributed by atoms with Gasteiger partial charge in [0, 0.05) is 15.9 Å². The van der Waals surface area contributed by atoms with E-state index in [1.165, 1.54) is 16.7 Å². The number of carboxylic acids is 1. The largest absolute Gasteiger partial charge is 0.477 e. The zero-order chi connectivity index (χ0) is 13.3. The van der Waals surface area contributed by atoms with E-state index in [1.807, 2.05) is 6.92 Å². The number of fused-ring (bicyclic) bond motifs is 1. The Bertz CT molecular complexity index is 484. The van der Waals surface area contributed by atoms with Gasteiger partial charge < -0.3 is 5.11 Å². The molecular formula is C10H12N4O3S. The molecule has 0 spiro atoms. The summed E-state index contributed by atoms with van der Waals surface area (Å²) in [6.07, 6.45) is 1.40. The maximum absolute atomic E-state index is 11.4. The van der Waals surface area contributed by atoms with Gasteiger partial charge in [0.05, 0.1) is 11.8 Å². The Balaban J connectivity index is 2.23. The fraction of sp³-hybridized carbons (Fsp3) is 0.600. The van der Waals surface area contributed by atoms with Crippen molar-refractivity contribution in [1.29, 1.82) is 0 Å². The lowest BCUT2D eigenvalue weighted by molar-refractivity contribution is -0.145. The number of aliphatic carboxylic acids is 1. The predicted molar refractivity (Wildman–Crippen MR) is 65.3 cm³/mol. The molecule has 96 valence electrons. The molecule has 2 atom stereocenters. The second-order valence-corrected chi connectivity index (χ2v) is 5.36. The number of rotatable bonds is 5. The first-order chi connectivity index (χ1) is 8.58. The van der Waals surface area contributed by atoms with E-state index in [0.717, 1.165) is 0 Å². The van der Waals surface area contributed by atoms with Crippen LogP contribution < -0.4 is 0 Å². The van der Waals surface area contributed by atoms with Gasteiger partial charge in [-0.1, -0.05) is 12.0 Å². The summed E-state index contributed by atoms with van der Waals surface area (Å²) in [6.45, 7) is 1.88. The second kappa shape index (κ2) is 4.91. The molecule has 0 aliphatic carbocycles. The molecule has 0 aromatic carbocycles. The molecule has 1 amide bonds. The first-order valence-corrected chi connectivity index (χ1v) is 6.45. The molecule has 2 aliphatic heterocycles. The van der Waals surface area contributed by atoms with Gasteiger partial charge in [-0.3, -0.25) is 9.69 Å². The minimum atomic E-state index is -1.09. The number of carbonyl (C=O) groups excluding carboxylic acids is 1. The Hall–Kier alpha value is -1.66. The molecule has 0 bridgehead atoms. The van der Waals surface area contributed by atoms with Crippen molar-refractivity contribution in [3.63, 3.8) is 0 Å². The van der Waals surface area contributed by atoms with E-state index >= 15 is 0 Å². The fourth-order valence-electron chi connectivity index (χ4n) is 2.03. The molecular weight excluding hydrogens is 256 g/mol. The van der Waals surface area contributed by atoms with Gasteiger partial charge in [-0.2, -0.15) is 0 Å². The van der Waals surface area contributed by atoms with Crippen LogP contribution in [0.1, 0.15) is 26.2 Å². The molecule has 8 heteroatoms. The first-order valence-electron chi connectivity index (χ1n) is 5.57. The average molecular weight is 268 g/mol. The molecule has 2 heterocycles. The predicted octanol–water partition coefficient (Wildman–Crippen LogP) is 2.07. The highest BCUT2D eigenvalue weighted by Crippen LogP contribution is 2.47. The molecule has 0 aromatic rings. The Morgan fingerprint density at radius 3 is 3.00 bits per heavy atom. The van der Waals surface area contributed by atoms with Crippen molar-refractivity contribution < 1.29 is 14.7 Å². The molecule has 1 unspecified atom stereocenters. The highest BCUT2D eigenvalue weighted by atomic mass is 32.2. The lowest BCUT2D eigenvalue weighted by atomic mass is 10.1. The van der Waals surface area contributed by atoms with Crippen LogP contribution in [-0.4, -0.2) is 33.3 Å². The Morgan fingerprint density at radius 1 is 1.78 bits per heavy atom. The molecule has 0 aromatic heterocycles. The topological polar surface area (TPSA) is 106 Å². The third-order valence-corrected chi connectivity index (χ3v) is 4.29. The van der Waals surface area contributed by atoms with Crippen LogP contribution in [0.5, 0.6) is 0 Å². The third-order valence-electron chi connectivity index (χ3n) is 3.00. The zero-order valence-corrected chi connectivity index (χ0v) is 10.6. The van der Waals surface area contributed by atoms with Crippen molar-refractivity contribution in [3.05, 3.63) is 21.0 Å². The second-order valence-electron chi connectivity index (χ2n) is 4.09. The monoisotopic (exact) mass is 268 g/mol. The van der Waals surface area contributed by atoms with Gasteiger partial charge in [-0.25, -0.2) is 4.79 Å². The van der Waals surface area contributed by atoms with Gasteiger partial charge >= 0.3 is 5.97 Å². The number of thioether (sulfide) groups is 1. The summed E-state index contributed by atoms with van der Waals surface area (Å²) in [6, 6.07) is -0.263. The van der Waals surface area contributed by atoms with Crippen molar-refractivity contribution in [2.75, 3.05) is 0 Å². The number of hydrogen-bond acceptors (Lipinski definition) is 4. The van der Waals surface area contributed by atoms with Gasteiger partial charge in [0.2, 0.25) is 5.91 Å². The maximum atomic E-state index is 11.4. The van der Waals surface area contributed by atoms with E-state index in [4.69, 9.17) is 5.53 Å². The minimum absolute atomic E-state index is 0.0628. The number of carbonyl (C=O) groups is 2. The summed E-state index contributed by atoms with van der Waals surface area (Å²) in [5.74, 6) is -1.25. The van der Waals surface area contributed by atoms with E-state index in [0.29, 0.717) is 24.2 Å². The molecule has 1 N–H and O–H groups in total. The van der Waals surface area contributed by atoms with Gasteiger partial charge in [-0.05, 0) is 18.4 Å². The van der Waals surface area contributed by atoms with Crippen molar-refractivity contribution in [1.82, 2.24) is 4.90 Å². The Labute approximate surface area is 107 Å². The van der Waals surface area contributed by atoms with E-state index in [2.05, 4.69) is 10.0 Å². The fourth-order valence-corrected chi connectivity index (χ4v) is 3.49. The van der Waals surface area contributed by atoms with Gasteiger partial charge in [0.25, 0.3) is 0 Å². The maximum Gasteiger partial charge on any atom is 0.353 e. The van der Waals surface area contributed by atoms with Crippen LogP contribution in [0.15, 0.2) is 15.7 Å². The van der Waals surface area contributed by atoms with Crippen LogP contribution in [0.3, 0.4) is 0 Å². The third kappa shape index (κ3) is 2.04. The molecule has 1 saturated heterocycles. The van der Waals surface area contributed by atoms with E-state index in [-0.39, 0.29) is 23.0 Å². The van der Waals surface area contributed by atoms with Crippen LogP contribution >= 0.6 is 11.8 Å². The highest BCUT2D eigenvalue weighted by Gasteiger charge is 2.48. The average Bonchev–Trinajstić information content (AvgIpc) is 2.61. The lowest BCUT2D eigenvalue weighted by Gasteiger charge is -2.33. The molecule has 2 rings (SSSR count). The normalized spacial score (nSPS) is 23.3. The van der Waals surface area contributed by atoms with Crippen LogP contribution in [0.4, 0.5) is 0 Å². The molecule has 1 fully saturated rings. The van der Waals surface area contributed by atoms with E-state index in [9.17, 15) is 14.7 Å². The van der Waals surface area contributed by atoms with Crippen LogP contribution in [-0.2, 0) is 9.59 Å². The van der Waals surface area contributed by atoms with E-state index in [1.54, 1.807) is 0 Å². The molecule has 18 heavy (non-hydrogen) atoms. The van der Waals surface area contributed by atoms with Gasteiger partial charge in [0.15, 0.2) is 0 Å². The Morgan fingerprint density at radius 2 is 2.50 bits per heavy atom. The zero-order valence-electron chi connectivity index (χ0n) is 9.74. The first kappa shape index (κ1) is 12.8. The molecule has 0 saturated carbocycles.